The zero-order chi connectivity index (χ0) is 13.2. The maximum atomic E-state index is 12.5. The van der Waals surface area contributed by atoms with Crippen molar-refractivity contribution in [3.05, 3.63) is 24.0 Å². The van der Waals surface area contributed by atoms with Gasteiger partial charge in [-0.25, -0.2) is 0 Å². The van der Waals surface area contributed by atoms with E-state index < -0.39 is 0 Å². The number of carbonyl (C=O) groups excluding carboxylic acids is 1. The van der Waals surface area contributed by atoms with Gasteiger partial charge in [0, 0.05) is 30.5 Å². The minimum absolute atomic E-state index is 0.0391. The van der Waals surface area contributed by atoms with Crippen LogP contribution in [0.3, 0.4) is 0 Å². The van der Waals surface area contributed by atoms with E-state index in [9.17, 15) is 4.79 Å². The number of carbonyl (C=O) groups is 1. The highest BCUT2D eigenvalue weighted by atomic mass is 16.2. The van der Waals surface area contributed by atoms with Crippen molar-refractivity contribution in [2.24, 2.45) is 0 Å². The predicted molar refractivity (Wildman–Crippen MR) is 72.8 cm³/mol. The van der Waals surface area contributed by atoms with E-state index in [1.807, 2.05) is 24.0 Å². The van der Waals surface area contributed by atoms with E-state index in [0.717, 1.165) is 31.6 Å². The van der Waals surface area contributed by atoms with Crippen molar-refractivity contribution in [2.45, 2.75) is 39.2 Å². The van der Waals surface area contributed by atoms with E-state index >= 15 is 0 Å². The molecule has 0 aliphatic carbocycles. The maximum Gasteiger partial charge on any atom is 0.272 e. The summed E-state index contributed by atoms with van der Waals surface area (Å²) in [7, 11) is 0. The molecule has 1 aromatic heterocycles. The first kappa shape index (κ1) is 12.9. The summed E-state index contributed by atoms with van der Waals surface area (Å²) in [5, 5.41) is 3.20. The van der Waals surface area contributed by atoms with E-state index in [1.54, 1.807) is 6.20 Å². The first-order valence-corrected chi connectivity index (χ1v) is 6.56. The topological polar surface area (TPSA) is 45.2 Å². The van der Waals surface area contributed by atoms with Gasteiger partial charge in [-0.1, -0.05) is 0 Å². The molecule has 0 saturated carbocycles. The van der Waals surface area contributed by atoms with Crippen molar-refractivity contribution < 1.29 is 4.79 Å². The van der Waals surface area contributed by atoms with Crippen molar-refractivity contribution in [3.63, 3.8) is 0 Å². The largest absolute Gasteiger partial charge is 0.385 e. The van der Waals surface area contributed by atoms with E-state index in [1.165, 1.54) is 0 Å². The maximum absolute atomic E-state index is 12.5. The molecule has 1 aromatic rings. The summed E-state index contributed by atoms with van der Waals surface area (Å²) in [5.41, 5.74) is 1.43. The molecule has 0 radical (unpaired) electrons. The number of nitrogens with one attached hydrogen (secondary N) is 1. The van der Waals surface area contributed by atoms with Crippen LogP contribution >= 0.6 is 0 Å². The Hall–Kier alpha value is -1.58. The number of amides is 1. The van der Waals surface area contributed by atoms with Crippen LogP contribution in [0.1, 0.15) is 44.1 Å². The lowest BCUT2D eigenvalue weighted by Crippen LogP contribution is -2.42. The summed E-state index contributed by atoms with van der Waals surface area (Å²) in [6.45, 7) is 7.94. The van der Waals surface area contributed by atoms with Gasteiger partial charge in [-0.05, 0) is 45.7 Å². The molecule has 2 rings (SSSR count). The molecule has 98 valence electrons. The van der Waals surface area contributed by atoms with Crippen LogP contribution in [0, 0.1) is 0 Å². The summed E-state index contributed by atoms with van der Waals surface area (Å²) in [6, 6.07) is 3.72. The quantitative estimate of drug-likeness (QED) is 0.892. The Kier molecular flexibility index (Phi) is 3.55. The minimum atomic E-state index is -0.0487. The van der Waals surface area contributed by atoms with Gasteiger partial charge in [0.15, 0.2) is 0 Å². The zero-order valence-electron chi connectivity index (χ0n) is 11.4. The summed E-state index contributed by atoms with van der Waals surface area (Å²) >= 11 is 0. The molecule has 18 heavy (non-hydrogen) atoms. The normalized spacial score (nSPS) is 17.8. The number of hydrogen-bond acceptors (Lipinski definition) is 3. The van der Waals surface area contributed by atoms with Gasteiger partial charge in [0.2, 0.25) is 0 Å². The van der Waals surface area contributed by atoms with Crippen LogP contribution in [0.15, 0.2) is 18.3 Å². The number of rotatable bonds is 3. The van der Waals surface area contributed by atoms with E-state index in [4.69, 9.17) is 0 Å². The standard InChI is InChI=1S/C14H21N3O/c1-4-15-11-6-8-16-12(10-11)13(18)17-9-5-7-14(17,2)3/h6,8,10H,4-5,7,9H2,1-3H3,(H,15,16). The average molecular weight is 247 g/mol. The molecular formula is C14H21N3O. The van der Waals surface area contributed by atoms with Gasteiger partial charge in [-0.15, -0.1) is 0 Å². The Morgan fingerprint density at radius 3 is 2.94 bits per heavy atom. The fraction of sp³-hybridized carbons (Fsp3) is 0.571. The first-order chi connectivity index (χ1) is 8.54. The van der Waals surface area contributed by atoms with Crippen LogP contribution in [0.25, 0.3) is 0 Å². The number of anilines is 1. The van der Waals surface area contributed by atoms with Gasteiger partial charge in [-0.2, -0.15) is 0 Å². The molecule has 0 bridgehead atoms. The average Bonchev–Trinajstić information content (AvgIpc) is 2.69. The third kappa shape index (κ3) is 2.47. The molecule has 1 saturated heterocycles. The Morgan fingerprint density at radius 1 is 1.56 bits per heavy atom. The van der Waals surface area contributed by atoms with Gasteiger partial charge < -0.3 is 10.2 Å². The number of likely N-dealkylation sites (tertiary alicyclic amines) is 1. The molecule has 0 atom stereocenters. The number of nitrogens with zero attached hydrogens (tertiary/aromatic N) is 2. The molecule has 1 aliphatic rings. The molecule has 1 fully saturated rings. The summed E-state index contributed by atoms with van der Waals surface area (Å²) in [6.07, 6.45) is 3.82. The molecule has 1 amide bonds. The highest BCUT2D eigenvalue weighted by Gasteiger charge is 2.36. The second-order valence-corrected chi connectivity index (χ2v) is 5.33. The fourth-order valence-corrected chi connectivity index (χ4v) is 2.48. The molecule has 0 aromatic carbocycles. The molecule has 1 aliphatic heterocycles. The van der Waals surface area contributed by atoms with Crippen molar-refractivity contribution in [2.75, 3.05) is 18.4 Å². The molecule has 1 N–H and O–H groups in total. The van der Waals surface area contributed by atoms with Crippen LogP contribution in [0.4, 0.5) is 5.69 Å². The number of pyridine rings is 1. The highest BCUT2D eigenvalue weighted by molar-refractivity contribution is 5.93. The van der Waals surface area contributed by atoms with Crippen molar-refractivity contribution in [1.82, 2.24) is 9.88 Å². The number of aromatic nitrogens is 1. The lowest BCUT2D eigenvalue weighted by Gasteiger charge is -2.31. The van der Waals surface area contributed by atoms with E-state index in [0.29, 0.717) is 5.69 Å². The van der Waals surface area contributed by atoms with Crippen LogP contribution in [-0.2, 0) is 0 Å². The van der Waals surface area contributed by atoms with Gasteiger partial charge in [0.25, 0.3) is 5.91 Å². The Balaban J connectivity index is 2.20. The van der Waals surface area contributed by atoms with Gasteiger partial charge in [0.1, 0.15) is 5.69 Å². The summed E-state index contributed by atoms with van der Waals surface area (Å²) in [5.74, 6) is 0.0391. The van der Waals surface area contributed by atoms with Crippen molar-refractivity contribution in [3.8, 4) is 0 Å². The smallest absolute Gasteiger partial charge is 0.272 e. The van der Waals surface area contributed by atoms with Gasteiger partial charge >= 0.3 is 0 Å². The predicted octanol–water partition coefficient (Wildman–Crippen LogP) is 2.53. The van der Waals surface area contributed by atoms with Crippen LogP contribution in [0.2, 0.25) is 0 Å². The number of hydrogen-bond donors (Lipinski definition) is 1. The van der Waals surface area contributed by atoms with E-state index in [-0.39, 0.29) is 11.4 Å². The lowest BCUT2D eigenvalue weighted by molar-refractivity contribution is 0.0646. The van der Waals surface area contributed by atoms with Gasteiger partial charge in [0.05, 0.1) is 0 Å². The summed E-state index contributed by atoms with van der Waals surface area (Å²) in [4.78, 5) is 18.6. The van der Waals surface area contributed by atoms with Crippen LogP contribution in [0.5, 0.6) is 0 Å². The molecule has 0 spiro atoms. The Morgan fingerprint density at radius 2 is 2.33 bits per heavy atom. The van der Waals surface area contributed by atoms with Crippen molar-refractivity contribution >= 4 is 11.6 Å². The second-order valence-electron chi connectivity index (χ2n) is 5.33. The summed E-state index contributed by atoms with van der Waals surface area (Å²) < 4.78 is 0. The molecule has 4 heteroatoms. The SMILES string of the molecule is CCNc1ccnc(C(=O)N2CCCC2(C)C)c1. The van der Waals surface area contributed by atoms with E-state index in [2.05, 4.69) is 24.1 Å². The third-order valence-electron chi connectivity index (χ3n) is 3.51. The monoisotopic (exact) mass is 247 g/mol. The Bertz CT molecular complexity index is 442. The first-order valence-electron chi connectivity index (χ1n) is 6.56. The molecule has 4 nitrogen and oxygen atoms in total. The fourth-order valence-electron chi connectivity index (χ4n) is 2.48. The molecular weight excluding hydrogens is 226 g/mol. The van der Waals surface area contributed by atoms with Crippen molar-refractivity contribution in [1.29, 1.82) is 0 Å². The van der Waals surface area contributed by atoms with Gasteiger partial charge in [-0.3, -0.25) is 9.78 Å². The minimum Gasteiger partial charge on any atom is -0.385 e. The zero-order valence-corrected chi connectivity index (χ0v) is 11.4. The highest BCUT2D eigenvalue weighted by Crippen LogP contribution is 2.29. The third-order valence-corrected chi connectivity index (χ3v) is 3.51. The Labute approximate surface area is 108 Å². The lowest BCUT2D eigenvalue weighted by atomic mass is 10.0. The second kappa shape index (κ2) is 4.96. The van der Waals surface area contributed by atoms with Crippen LogP contribution in [-0.4, -0.2) is 34.4 Å². The molecule has 2 heterocycles. The van der Waals surface area contributed by atoms with Crippen LogP contribution < -0.4 is 5.32 Å². The molecule has 0 unspecified atom stereocenters.